The monoisotopic (exact) mass is 230 g/mol. The van der Waals surface area contributed by atoms with Gasteiger partial charge in [-0.05, 0) is 25.7 Å². The van der Waals surface area contributed by atoms with Crippen molar-refractivity contribution < 1.29 is 0 Å². The summed E-state index contributed by atoms with van der Waals surface area (Å²) in [6, 6.07) is 0. The van der Waals surface area contributed by atoms with Crippen molar-refractivity contribution in [2.24, 2.45) is 0 Å². The fourth-order valence-corrected chi connectivity index (χ4v) is 6.73. The van der Waals surface area contributed by atoms with Crippen LogP contribution in [0.15, 0.2) is 0 Å². The number of fused-ring (bicyclic) bond motifs is 1. The van der Waals surface area contributed by atoms with Gasteiger partial charge < -0.3 is 0 Å². The van der Waals surface area contributed by atoms with Gasteiger partial charge in [0.2, 0.25) is 0 Å². The maximum absolute atomic E-state index is 2.37. The topological polar surface area (TPSA) is 0 Å². The van der Waals surface area contributed by atoms with Gasteiger partial charge in [-0.2, -0.15) is 23.5 Å². The maximum Gasteiger partial charge on any atom is 0.0169 e. The minimum atomic E-state index is 0.948. The van der Waals surface area contributed by atoms with Crippen LogP contribution in [-0.2, 0) is 0 Å². The Kier molecular flexibility index (Phi) is 4.12. The second-order valence-corrected chi connectivity index (χ2v) is 7.49. The lowest BCUT2D eigenvalue weighted by Gasteiger charge is -2.42. The smallest absolute Gasteiger partial charge is 0.0169 e. The van der Waals surface area contributed by atoms with E-state index >= 15 is 0 Å². The van der Waals surface area contributed by atoms with E-state index in [1.54, 1.807) is 0 Å². The number of thioether (sulfide) groups is 2. The van der Waals surface area contributed by atoms with Gasteiger partial charge in [0, 0.05) is 21.0 Å². The predicted octanol–water partition coefficient (Wildman–Crippen LogP) is 4.33. The summed E-state index contributed by atoms with van der Waals surface area (Å²) in [7, 11) is 0. The molecule has 2 fully saturated rings. The third kappa shape index (κ3) is 2.27. The lowest BCUT2D eigenvalue weighted by atomic mass is 9.99. The Morgan fingerprint density at radius 1 is 0.857 bits per heavy atom. The number of rotatable bonds is 2. The van der Waals surface area contributed by atoms with E-state index in [2.05, 4.69) is 37.4 Å². The second-order valence-electron chi connectivity index (χ2n) is 4.53. The van der Waals surface area contributed by atoms with Crippen molar-refractivity contribution in [2.45, 2.75) is 73.4 Å². The van der Waals surface area contributed by atoms with Gasteiger partial charge in [0.05, 0.1) is 0 Å². The molecule has 82 valence electrons. The Labute approximate surface area is 97.0 Å². The molecule has 2 rings (SSSR count). The van der Waals surface area contributed by atoms with Gasteiger partial charge in [-0.25, -0.2) is 0 Å². The Morgan fingerprint density at radius 2 is 1.29 bits per heavy atom. The average Bonchev–Trinajstić information content (AvgIpc) is 2.27. The highest BCUT2D eigenvalue weighted by Gasteiger charge is 2.37. The van der Waals surface area contributed by atoms with Gasteiger partial charge >= 0.3 is 0 Å². The molecule has 0 aromatic heterocycles. The van der Waals surface area contributed by atoms with E-state index in [-0.39, 0.29) is 0 Å². The lowest BCUT2D eigenvalue weighted by molar-refractivity contribution is 0.516. The van der Waals surface area contributed by atoms with Gasteiger partial charge in [0.1, 0.15) is 0 Å². The van der Waals surface area contributed by atoms with Crippen LogP contribution in [0.3, 0.4) is 0 Å². The molecule has 1 saturated heterocycles. The Morgan fingerprint density at radius 3 is 1.64 bits per heavy atom. The largest absolute Gasteiger partial charge is 0.153 e. The van der Waals surface area contributed by atoms with Crippen molar-refractivity contribution in [1.29, 1.82) is 0 Å². The molecular formula is C12H22S2. The summed E-state index contributed by atoms with van der Waals surface area (Å²) in [5.41, 5.74) is 0. The number of hydrogen-bond donors (Lipinski definition) is 0. The summed E-state index contributed by atoms with van der Waals surface area (Å²) in [4.78, 5) is 0. The van der Waals surface area contributed by atoms with Crippen LogP contribution in [0.1, 0.15) is 52.4 Å². The lowest BCUT2D eigenvalue weighted by Crippen LogP contribution is -2.37. The highest BCUT2D eigenvalue weighted by Crippen LogP contribution is 2.48. The van der Waals surface area contributed by atoms with Crippen molar-refractivity contribution in [3.63, 3.8) is 0 Å². The molecule has 1 aliphatic carbocycles. The third-order valence-electron chi connectivity index (χ3n) is 3.56. The first kappa shape index (κ1) is 11.2. The van der Waals surface area contributed by atoms with Crippen LogP contribution in [0.5, 0.6) is 0 Å². The second kappa shape index (κ2) is 5.16. The van der Waals surface area contributed by atoms with Gasteiger partial charge in [-0.15, -0.1) is 0 Å². The van der Waals surface area contributed by atoms with E-state index in [1.165, 1.54) is 38.5 Å². The molecule has 4 unspecified atom stereocenters. The highest BCUT2D eigenvalue weighted by molar-refractivity contribution is 8.07. The summed E-state index contributed by atoms with van der Waals surface area (Å²) in [5, 5.41) is 3.90. The van der Waals surface area contributed by atoms with Crippen LogP contribution in [0, 0.1) is 0 Å². The molecule has 0 bridgehead atoms. The van der Waals surface area contributed by atoms with E-state index in [4.69, 9.17) is 0 Å². The van der Waals surface area contributed by atoms with Crippen LogP contribution >= 0.6 is 23.5 Å². The fraction of sp³-hybridized carbons (Fsp3) is 1.00. The summed E-state index contributed by atoms with van der Waals surface area (Å²) in [6.07, 6.45) is 8.72. The van der Waals surface area contributed by atoms with Crippen LogP contribution in [0.2, 0.25) is 0 Å². The molecule has 0 nitrogen and oxygen atoms in total. The third-order valence-corrected chi connectivity index (χ3v) is 7.76. The van der Waals surface area contributed by atoms with E-state index in [1.807, 2.05) is 0 Å². The van der Waals surface area contributed by atoms with E-state index in [9.17, 15) is 0 Å². The standard InChI is InChI=1S/C12H22S2/c1-3-9-10(4-2)14-12-8-6-5-7-11(12)13-9/h9-12H,3-8H2,1-2H3. The molecule has 0 amide bonds. The maximum atomic E-state index is 2.37. The summed E-state index contributed by atoms with van der Waals surface area (Å²) in [5.74, 6) is 0. The zero-order valence-corrected chi connectivity index (χ0v) is 11.0. The first-order valence-corrected chi connectivity index (χ1v) is 8.04. The Hall–Kier alpha value is 0.700. The van der Waals surface area contributed by atoms with E-state index in [0.717, 1.165) is 21.0 Å². The zero-order valence-electron chi connectivity index (χ0n) is 9.37. The molecule has 4 atom stereocenters. The van der Waals surface area contributed by atoms with Gasteiger partial charge in [0.25, 0.3) is 0 Å². The SMILES string of the molecule is CCC1SC2CCCCC2SC1CC. The molecule has 0 N–H and O–H groups in total. The molecule has 0 aromatic carbocycles. The van der Waals surface area contributed by atoms with Crippen molar-refractivity contribution in [1.82, 2.24) is 0 Å². The van der Waals surface area contributed by atoms with Crippen LogP contribution in [0.25, 0.3) is 0 Å². The molecule has 2 aliphatic rings. The first-order chi connectivity index (χ1) is 6.85. The van der Waals surface area contributed by atoms with E-state index in [0.29, 0.717) is 0 Å². The molecule has 0 radical (unpaired) electrons. The van der Waals surface area contributed by atoms with Crippen LogP contribution in [0.4, 0.5) is 0 Å². The van der Waals surface area contributed by atoms with Gasteiger partial charge in [-0.3, -0.25) is 0 Å². The summed E-state index contributed by atoms with van der Waals surface area (Å²) in [6.45, 7) is 4.73. The molecule has 14 heavy (non-hydrogen) atoms. The van der Waals surface area contributed by atoms with Crippen molar-refractivity contribution in [3.8, 4) is 0 Å². The minimum Gasteiger partial charge on any atom is -0.153 e. The minimum absolute atomic E-state index is 0.948. The molecule has 2 heteroatoms. The quantitative estimate of drug-likeness (QED) is 0.692. The molecule has 1 saturated carbocycles. The normalized spacial score (nSPS) is 43.3. The van der Waals surface area contributed by atoms with E-state index < -0.39 is 0 Å². The summed E-state index contributed by atoms with van der Waals surface area (Å²) < 4.78 is 0. The van der Waals surface area contributed by atoms with Crippen molar-refractivity contribution in [3.05, 3.63) is 0 Å². The van der Waals surface area contributed by atoms with Gasteiger partial charge in [-0.1, -0.05) is 26.7 Å². The first-order valence-electron chi connectivity index (χ1n) is 6.16. The van der Waals surface area contributed by atoms with Crippen molar-refractivity contribution in [2.75, 3.05) is 0 Å². The Bertz CT molecular complexity index is 157. The van der Waals surface area contributed by atoms with Crippen molar-refractivity contribution >= 4 is 23.5 Å². The predicted molar refractivity (Wildman–Crippen MR) is 69.4 cm³/mol. The average molecular weight is 230 g/mol. The van der Waals surface area contributed by atoms with Gasteiger partial charge in [0.15, 0.2) is 0 Å². The zero-order chi connectivity index (χ0) is 9.97. The highest BCUT2D eigenvalue weighted by atomic mass is 32.2. The summed E-state index contributed by atoms with van der Waals surface area (Å²) >= 11 is 4.65. The molecule has 1 heterocycles. The van der Waals surface area contributed by atoms with Crippen LogP contribution < -0.4 is 0 Å². The molecule has 0 aromatic rings. The molecule has 0 spiro atoms. The molecular weight excluding hydrogens is 208 g/mol. The fourth-order valence-electron chi connectivity index (χ4n) is 2.72. The number of hydrogen-bond acceptors (Lipinski definition) is 2. The Balaban J connectivity index is 1.98. The van der Waals surface area contributed by atoms with Crippen LogP contribution in [-0.4, -0.2) is 21.0 Å². The molecule has 1 aliphatic heterocycles.